The smallest absolute Gasteiger partial charge is 0.343 e. The van der Waals surface area contributed by atoms with Crippen LogP contribution in [-0.2, 0) is 0 Å². The van der Waals surface area contributed by atoms with Crippen LogP contribution in [0.5, 0.6) is 5.75 Å². The first-order valence-corrected chi connectivity index (χ1v) is 8.45. The molecule has 0 saturated heterocycles. The molecular weight excluding hydrogens is 324 g/mol. The molecule has 0 aliphatic carbocycles. The second-order valence-electron chi connectivity index (χ2n) is 6.01. The molecule has 0 spiro atoms. The third-order valence-corrected chi connectivity index (χ3v) is 4.30. The summed E-state index contributed by atoms with van der Waals surface area (Å²) in [5, 5.41) is 0. The van der Waals surface area contributed by atoms with Crippen LogP contribution in [0.2, 0.25) is 0 Å². The highest BCUT2D eigenvalue weighted by Crippen LogP contribution is 2.30. The third-order valence-electron chi connectivity index (χ3n) is 4.30. The summed E-state index contributed by atoms with van der Waals surface area (Å²) < 4.78 is 5.39. The van der Waals surface area contributed by atoms with Gasteiger partial charge in [0.15, 0.2) is 0 Å². The van der Waals surface area contributed by atoms with Gasteiger partial charge in [-0.1, -0.05) is 30.3 Å². The fraction of sp³-hybridized carbons (Fsp3) is 0.0455. The summed E-state index contributed by atoms with van der Waals surface area (Å²) >= 11 is 0. The normalized spacial score (nSPS) is 10.8. The van der Waals surface area contributed by atoms with E-state index in [2.05, 4.69) is 22.1 Å². The first kappa shape index (κ1) is 16.0. The van der Waals surface area contributed by atoms with E-state index in [4.69, 9.17) is 4.74 Å². The molecule has 0 amide bonds. The molecule has 2 aromatic heterocycles. The van der Waals surface area contributed by atoms with Crippen molar-refractivity contribution in [3.8, 4) is 5.75 Å². The number of rotatable bonds is 5. The molecule has 0 fully saturated rings. The first-order valence-electron chi connectivity index (χ1n) is 8.45. The van der Waals surface area contributed by atoms with Crippen molar-refractivity contribution in [2.75, 3.05) is 0 Å². The zero-order valence-corrected chi connectivity index (χ0v) is 14.1. The molecule has 4 heteroatoms. The monoisotopic (exact) mass is 342 g/mol. The molecule has 0 saturated carbocycles. The van der Waals surface area contributed by atoms with Gasteiger partial charge in [-0.3, -0.25) is 0 Å². The molecule has 0 atom stereocenters. The van der Waals surface area contributed by atoms with Gasteiger partial charge in [0.25, 0.3) is 0 Å². The number of para-hydroxylation sites is 1. The topological polar surface area (TPSA) is 57.9 Å². The highest BCUT2D eigenvalue weighted by atomic mass is 16.5. The number of hydrogen-bond acceptors (Lipinski definition) is 2. The number of ether oxygens (including phenoxy) is 1. The lowest BCUT2D eigenvalue weighted by molar-refractivity contribution is 0.0735. The minimum Gasteiger partial charge on any atom is -0.423 e. The zero-order chi connectivity index (χ0) is 17.8. The Morgan fingerprint density at radius 1 is 0.731 bits per heavy atom. The predicted octanol–water partition coefficient (Wildman–Crippen LogP) is 4.74. The number of hydrogen-bond donors (Lipinski definition) is 2. The predicted molar refractivity (Wildman–Crippen MR) is 100 cm³/mol. The van der Waals surface area contributed by atoms with E-state index in [1.54, 1.807) is 24.3 Å². The fourth-order valence-corrected chi connectivity index (χ4v) is 3.04. The van der Waals surface area contributed by atoms with Crippen molar-refractivity contribution < 1.29 is 9.53 Å². The highest BCUT2D eigenvalue weighted by molar-refractivity contribution is 5.91. The molecule has 2 heterocycles. The zero-order valence-electron chi connectivity index (χ0n) is 14.1. The van der Waals surface area contributed by atoms with Crippen molar-refractivity contribution in [3.05, 3.63) is 114 Å². The van der Waals surface area contributed by atoms with Gasteiger partial charge in [0.1, 0.15) is 5.75 Å². The number of esters is 1. The number of benzene rings is 2. The van der Waals surface area contributed by atoms with E-state index in [9.17, 15) is 4.79 Å². The number of carbonyl (C=O) groups excluding carboxylic acids is 1. The van der Waals surface area contributed by atoms with Gasteiger partial charge < -0.3 is 14.7 Å². The van der Waals surface area contributed by atoms with Crippen molar-refractivity contribution in [1.29, 1.82) is 0 Å². The molecule has 26 heavy (non-hydrogen) atoms. The maximum atomic E-state index is 12.3. The molecule has 2 N–H and O–H groups in total. The van der Waals surface area contributed by atoms with Gasteiger partial charge in [0.05, 0.1) is 11.5 Å². The quantitative estimate of drug-likeness (QED) is 0.406. The average molecular weight is 342 g/mol. The Hall–Kier alpha value is -3.53. The van der Waals surface area contributed by atoms with Gasteiger partial charge in [-0.15, -0.1) is 0 Å². The Labute approximate surface area is 151 Å². The molecule has 0 radical (unpaired) electrons. The lowest BCUT2D eigenvalue weighted by Crippen LogP contribution is -2.09. The molecule has 128 valence electrons. The van der Waals surface area contributed by atoms with Crippen LogP contribution in [0.25, 0.3) is 0 Å². The molecule has 0 bridgehead atoms. The number of aromatic amines is 2. The third kappa shape index (κ3) is 3.30. The summed E-state index contributed by atoms with van der Waals surface area (Å²) in [6, 6.07) is 24.7. The summed E-state index contributed by atoms with van der Waals surface area (Å²) in [7, 11) is 0. The summed E-state index contributed by atoms with van der Waals surface area (Å²) in [6.07, 6.45) is 3.83. The van der Waals surface area contributed by atoms with Crippen LogP contribution in [0.15, 0.2) is 91.3 Å². The van der Waals surface area contributed by atoms with Gasteiger partial charge in [-0.05, 0) is 54.1 Å². The van der Waals surface area contributed by atoms with Crippen molar-refractivity contribution >= 4 is 5.97 Å². The van der Waals surface area contributed by atoms with Gasteiger partial charge >= 0.3 is 5.97 Å². The Bertz CT molecular complexity index is 923. The van der Waals surface area contributed by atoms with Crippen LogP contribution in [0.1, 0.15) is 33.2 Å². The lowest BCUT2D eigenvalue weighted by Gasteiger charge is -2.15. The maximum Gasteiger partial charge on any atom is 0.343 e. The van der Waals surface area contributed by atoms with Crippen molar-refractivity contribution in [2.24, 2.45) is 0 Å². The lowest BCUT2D eigenvalue weighted by atomic mass is 9.92. The SMILES string of the molecule is O=C(Oc1ccccc1)c1ccc(C(c2ccc[nH]2)c2ccc[nH]2)cc1. The highest BCUT2D eigenvalue weighted by Gasteiger charge is 2.19. The molecule has 0 aliphatic heterocycles. The second-order valence-corrected chi connectivity index (χ2v) is 6.01. The molecule has 0 aliphatic rings. The average Bonchev–Trinajstić information content (AvgIpc) is 3.38. The van der Waals surface area contributed by atoms with Gasteiger partial charge in [0, 0.05) is 23.8 Å². The van der Waals surface area contributed by atoms with Crippen LogP contribution in [0.3, 0.4) is 0 Å². The Morgan fingerprint density at radius 2 is 1.35 bits per heavy atom. The van der Waals surface area contributed by atoms with E-state index < -0.39 is 0 Å². The van der Waals surface area contributed by atoms with Gasteiger partial charge in [-0.25, -0.2) is 4.79 Å². The maximum absolute atomic E-state index is 12.3. The van der Waals surface area contributed by atoms with E-state index in [1.165, 1.54) is 0 Å². The Morgan fingerprint density at radius 3 is 1.88 bits per heavy atom. The van der Waals surface area contributed by atoms with Crippen molar-refractivity contribution in [3.63, 3.8) is 0 Å². The number of H-pyrrole nitrogens is 2. The summed E-state index contributed by atoms with van der Waals surface area (Å²) in [5.41, 5.74) is 3.79. The van der Waals surface area contributed by atoms with E-state index >= 15 is 0 Å². The Kier molecular flexibility index (Phi) is 4.39. The van der Waals surface area contributed by atoms with Crippen LogP contribution in [0, 0.1) is 0 Å². The second kappa shape index (κ2) is 7.15. The van der Waals surface area contributed by atoms with Crippen molar-refractivity contribution in [1.82, 2.24) is 9.97 Å². The standard InChI is InChI=1S/C22H18N2O2/c25-22(26-18-6-2-1-3-7-18)17-12-10-16(11-13-17)21(19-8-4-14-23-19)20-9-5-15-24-20/h1-15,21,23-24H. The summed E-state index contributed by atoms with van der Waals surface area (Å²) in [5.74, 6) is 0.232. The Balaban J connectivity index is 1.59. The van der Waals surface area contributed by atoms with E-state index in [1.807, 2.05) is 54.9 Å². The minimum absolute atomic E-state index is 0.0548. The van der Waals surface area contributed by atoms with Crippen molar-refractivity contribution in [2.45, 2.75) is 5.92 Å². The molecule has 4 nitrogen and oxygen atoms in total. The molecule has 4 aromatic rings. The van der Waals surface area contributed by atoms with Crippen LogP contribution >= 0.6 is 0 Å². The fourth-order valence-electron chi connectivity index (χ4n) is 3.04. The van der Waals surface area contributed by atoms with Crippen LogP contribution < -0.4 is 4.74 Å². The number of aromatic nitrogens is 2. The van der Waals surface area contributed by atoms with Gasteiger partial charge in [-0.2, -0.15) is 0 Å². The van der Waals surface area contributed by atoms with Crippen LogP contribution in [0.4, 0.5) is 0 Å². The van der Waals surface area contributed by atoms with E-state index in [0.29, 0.717) is 11.3 Å². The largest absolute Gasteiger partial charge is 0.423 e. The summed E-state index contributed by atoms with van der Waals surface area (Å²) in [4.78, 5) is 18.9. The molecule has 2 aromatic carbocycles. The van der Waals surface area contributed by atoms with Crippen LogP contribution in [-0.4, -0.2) is 15.9 Å². The molecular formula is C22H18N2O2. The molecule has 0 unspecified atom stereocenters. The van der Waals surface area contributed by atoms with E-state index in [-0.39, 0.29) is 11.9 Å². The van der Waals surface area contributed by atoms with Gasteiger partial charge in [0.2, 0.25) is 0 Å². The minimum atomic E-state index is -0.362. The molecule has 4 rings (SSSR count). The first-order chi connectivity index (χ1) is 12.8. The van der Waals surface area contributed by atoms with E-state index in [0.717, 1.165) is 17.0 Å². The number of carbonyl (C=O) groups is 1. The number of nitrogens with one attached hydrogen (secondary N) is 2. The summed E-state index contributed by atoms with van der Waals surface area (Å²) in [6.45, 7) is 0.